The van der Waals surface area contributed by atoms with Crippen molar-refractivity contribution in [1.82, 2.24) is 10.6 Å². The summed E-state index contributed by atoms with van der Waals surface area (Å²) in [5.41, 5.74) is -0.148. The van der Waals surface area contributed by atoms with Crippen LogP contribution in [0.5, 0.6) is 0 Å². The Balaban J connectivity index is 2.57. The van der Waals surface area contributed by atoms with E-state index < -0.39 is 9.84 Å². The minimum absolute atomic E-state index is 0.148. The molecule has 0 saturated carbocycles. The van der Waals surface area contributed by atoms with Gasteiger partial charge in [-0.25, -0.2) is 8.42 Å². The molecule has 1 aromatic heterocycles. The minimum atomic E-state index is -2.93. The Morgan fingerprint density at radius 1 is 1.38 bits per heavy atom. The highest BCUT2D eigenvalue weighted by Crippen LogP contribution is 2.22. The summed E-state index contributed by atoms with van der Waals surface area (Å²) in [6.07, 6.45) is 1.89. The van der Waals surface area contributed by atoms with Crippen LogP contribution in [-0.2, 0) is 9.84 Å². The molecule has 24 heavy (non-hydrogen) atoms. The number of hydrogen-bond acceptors (Lipinski definition) is 4. The standard InChI is InChI=1S/C17H31N3O2S2/c1-6-18-16(19-12-14(2)15-8-7-10-23-15)20-13-17(3,4)9-11-24(5,21)22/h7-8,10,14H,6,9,11-13H2,1-5H3,(H2,18,19,20). The second-order valence-electron chi connectivity index (χ2n) is 7.04. The summed E-state index contributed by atoms with van der Waals surface area (Å²) in [4.78, 5) is 6.00. The molecule has 1 rings (SSSR count). The number of rotatable bonds is 9. The maximum atomic E-state index is 11.3. The lowest BCUT2D eigenvalue weighted by atomic mass is 9.90. The SMILES string of the molecule is CCNC(=NCC(C)(C)CCS(C)(=O)=O)NCC(C)c1cccs1. The zero-order valence-corrected chi connectivity index (χ0v) is 17.1. The normalized spacial score (nSPS) is 14.5. The number of guanidine groups is 1. The van der Waals surface area contributed by atoms with Gasteiger partial charge in [0.25, 0.3) is 0 Å². The molecule has 1 unspecified atom stereocenters. The van der Waals surface area contributed by atoms with Gasteiger partial charge in [0.05, 0.1) is 5.75 Å². The van der Waals surface area contributed by atoms with Crippen LogP contribution < -0.4 is 10.6 Å². The summed E-state index contributed by atoms with van der Waals surface area (Å²) in [6, 6.07) is 4.22. The Morgan fingerprint density at radius 2 is 2.08 bits per heavy atom. The molecule has 0 saturated heterocycles. The van der Waals surface area contributed by atoms with Gasteiger partial charge < -0.3 is 10.6 Å². The Morgan fingerprint density at radius 3 is 2.62 bits per heavy atom. The highest BCUT2D eigenvalue weighted by molar-refractivity contribution is 7.90. The van der Waals surface area contributed by atoms with Gasteiger partial charge in [-0.3, -0.25) is 4.99 Å². The van der Waals surface area contributed by atoms with Gasteiger partial charge in [-0.1, -0.05) is 26.8 Å². The number of aliphatic imine (C=N–C) groups is 1. The third kappa shape index (κ3) is 8.68. The third-order valence-corrected chi connectivity index (χ3v) is 5.81. The Hall–Kier alpha value is -1.08. The molecule has 0 fully saturated rings. The van der Waals surface area contributed by atoms with E-state index in [1.54, 1.807) is 11.3 Å². The predicted octanol–water partition coefficient (Wildman–Crippen LogP) is 2.87. The fraction of sp³-hybridized carbons (Fsp3) is 0.706. The average molecular weight is 374 g/mol. The lowest BCUT2D eigenvalue weighted by Gasteiger charge is -2.23. The molecular weight excluding hydrogens is 342 g/mol. The third-order valence-electron chi connectivity index (χ3n) is 3.76. The van der Waals surface area contributed by atoms with Gasteiger partial charge in [-0.2, -0.15) is 0 Å². The van der Waals surface area contributed by atoms with E-state index in [2.05, 4.69) is 53.9 Å². The molecule has 0 aliphatic carbocycles. The van der Waals surface area contributed by atoms with E-state index in [-0.39, 0.29) is 11.2 Å². The van der Waals surface area contributed by atoms with E-state index in [1.165, 1.54) is 11.1 Å². The van der Waals surface area contributed by atoms with Crippen molar-refractivity contribution in [2.75, 3.05) is 31.6 Å². The van der Waals surface area contributed by atoms with Crippen LogP contribution >= 0.6 is 11.3 Å². The monoisotopic (exact) mass is 373 g/mol. The molecule has 138 valence electrons. The Labute approximate surface area is 150 Å². The largest absolute Gasteiger partial charge is 0.357 e. The van der Waals surface area contributed by atoms with Crippen LogP contribution in [0.3, 0.4) is 0 Å². The fourth-order valence-electron chi connectivity index (χ4n) is 2.10. The lowest BCUT2D eigenvalue weighted by molar-refractivity contribution is 0.365. The number of nitrogens with zero attached hydrogens (tertiary/aromatic N) is 1. The molecule has 0 radical (unpaired) electrons. The van der Waals surface area contributed by atoms with Crippen molar-refractivity contribution >= 4 is 27.1 Å². The van der Waals surface area contributed by atoms with E-state index in [1.807, 2.05) is 6.92 Å². The Bertz CT molecular complexity index is 608. The summed E-state index contributed by atoms with van der Waals surface area (Å²) in [7, 11) is -2.93. The second-order valence-corrected chi connectivity index (χ2v) is 10.3. The first-order valence-corrected chi connectivity index (χ1v) is 11.3. The lowest BCUT2D eigenvalue weighted by Crippen LogP contribution is -2.39. The van der Waals surface area contributed by atoms with Crippen molar-refractivity contribution in [2.24, 2.45) is 10.4 Å². The molecule has 1 aromatic rings. The van der Waals surface area contributed by atoms with Gasteiger partial charge in [0.1, 0.15) is 9.84 Å². The van der Waals surface area contributed by atoms with Crippen LogP contribution in [0.15, 0.2) is 22.5 Å². The summed E-state index contributed by atoms with van der Waals surface area (Å²) < 4.78 is 22.7. The quantitative estimate of drug-likeness (QED) is 0.516. The van der Waals surface area contributed by atoms with E-state index >= 15 is 0 Å². The minimum Gasteiger partial charge on any atom is -0.357 e. The van der Waals surface area contributed by atoms with E-state index in [4.69, 9.17) is 0 Å². The number of sulfone groups is 1. The summed E-state index contributed by atoms with van der Waals surface area (Å²) in [6.45, 7) is 10.5. The molecule has 0 amide bonds. The topological polar surface area (TPSA) is 70.6 Å². The molecule has 7 heteroatoms. The molecule has 0 aliphatic rings. The molecule has 0 aromatic carbocycles. The van der Waals surface area contributed by atoms with Crippen molar-refractivity contribution in [1.29, 1.82) is 0 Å². The summed E-state index contributed by atoms with van der Waals surface area (Å²) in [5.74, 6) is 1.41. The molecule has 5 nitrogen and oxygen atoms in total. The van der Waals surface area contributed by atoms with E-state index in [9.17, 15) is 8.42 Å². The summed E-state index contributed by atoms with van der Waals surface area (Å²) >= 11 is 1.77. The molecular formula is C17H31N3O2S2. The van der Waals surface area contributed by atoms with Crippen LogP contribution in [0.25, 0.3) is 0 Å². The maximum Gasteiger partial charge on any atom is 0.191 e. The molecule has 0 bridgehead atoms. The average Bonchev–Trinajstić information content (AvgIpc) is 3.02. The van der Waals surface area contributed by atoms with Gasteiger partial charge >= 0.3 is 0 Å². The van der Waals surface area contributed by atoms with Gasteiger partial charge in [0, 0.05) is 36.7 Å². The van der Waals surface area contributed by atoms with Crippen molar-refractivity contribution in [3.05, 3.63) is 22.4 Å². The van der Waals surface area contributed by atoms with Gasteiger partial charge in [0.15, 0.2) is 5.96 Å². The number of nitrogens with one attached hydrogen (secondary N) is 2. The molecule has 1 atom stereocenters. The first-order chi connectivity index (χ1) is 11.1. The van der Waals surface area contributed by atoms with Gasteiger partial charge in [0.2, 0.25) is 0 Å². The first kappa shape index (κ1) is 21.0. The highest BCUT2D eigenvalue weighted by Gasteiger charge is 2.20. The molecule has 0 spiro atoms. The maximum absolute atomic E-state index is 11.3. The smallest absolute Gasteiger partial charge is 0.191 e. The van der Waals surface area contributed by atoms with Crippen molar-refractivity contribution in [3.8, 4) is 0 Å². The highest BCUT2D eigenvalue weighted by atomic mass is 32.2. The van der Waals surface area contributed by atoms with Gasteiger partial charge in [-0.05, 0) is 30.2 Å². The van der Waals surface area contributed by atoms with Crippen molar-refractivity contribution in [2.45, 2.75) is 40.0 Å². The van der Waals surface area contributed by atoms with Crippen LogP contribution in [0, 0.1) is 5.41 Å². The molecule has 1 heterocycles. The van der Waals surface area contributed by atoms with E-state index in [0.29, 0.717) is 18.9 Å². The molecule has 2 N–H and O–H groups in total. The first-order valence-electron chi connectivity index (χ1n) is 8.36. The van der Waals surface area contributed by atoms with Crippen LogP contribution in [0.4, 0.5) is 0 Å². The zero-order chi connectivity index (χ0) is 18.2. The second kappa shape index (κ2) is 9.42. The number of hydrogen-bond donors (Lipinski definition) is 2. The summed E-state index contributed by atoms with van der Waals surface area (Å²) in [5, 5.41) is 8.73. The Kier molecular flexibility index (Phi) is 8.22. The van der Waals surface area contributed by atoms with Crippen LogP contribution in [0.1, 0.15) is 44.9 Å². The van der Waals surface area contributed by atoms with Crippen molar-refractivity contribution < 1.29 is 8.42 Å². The predicted molar refractivity (Wildman–Crippen MR) is 105 cm³/mol. The number of thiophene rings is 1. The fourth-order valence-corrected chi connectivity index (χ4v) is 3.81. The van der Waals surface area contributed by atoms with Crippen LogP contribution in [-0.4, -0.2) is 46.0 Å². The molecule has 0 aliphatic heterocycles. The van der Waals surface area contributed by atoms with Crippen molar-refractivity contribution in [3.63, 3.8) is 0 Å². The van der Waals surface area contributed by atoms with E-state index in [0.717, 1.165) is 19.0 Å². The zero-order valence-electron chi connectivity index (χ0n) is 15.4. The van der Waals surface area contributed by atoms with Gasteiger partial charge in [-0.15, -0.1) is 11.3 Å². The van der Waals surface area contributed by atoms with Crippen LogP contribution in [0.2, 0.25) is 0 Å².